The fourth-order valence-electron chi connectivity index (χ4n) is 4.32. The molecule has 1 aromatic carbocycles. The lowest BCUT2D eigenvalue weighted by atomic mass is 9.71. The van der Waals surface area contributed by atoms with Crippen molar-refractivity contribution in [2.45, 2.75) is 64.8 Å². The van der Waals surface area contributed by atoms with Crippen LogP contribution in [0.3, 0.4) is 0 Å². The van der Waals surface area contributed by atoms with Gasteiger partial charge in [0.15, 0.2) is 0 Å². The fraction of sp³-hybridized carbons (Fsp3) is 0.727. The SMILES string of the molecule is CCC(C)N1CCN(CC2CC(c3ccc(C(C)C)cc3)C2)CC1. The fourth-order valence-corrected chi connectivity index (χ4v) is 4.32. The molecule has 0 amide bonds. The van der Waals surface area contributed by atoms with E-state index in [2.05, 4.69) is 61.8 Å². The summed E-state index contributed by atoms with van der Waals surface area (Å²) in [6.45, 7) is 15.6. The van der Waals surface area contributed by atoms with E-state index < -0.39 is 0 Å². The van der Waals surface area contributed by atoms with Gasteiger partial charge in [-0.05, 0) is 55.1 Å². The molecule has 1 saturated heterocycles. The normalized spacial score (nSPS) is 27.2. The third kappa shape index (κ3) is 4.21. The molecule has 0 aromatic heterocycles. The Balaban J connectivity index is 1.40. The maximum atomic E-state index is 2.71. The number of hydrogen-bond donors (Lipinski definition) is 0. The number of rotatable bonds is 6. The van der Waals surface area contributed by atoms with Crippen LogP contribution in [-0.4, -0.2) is 48.6 Å². The van der Waals surface area contributed by atoms with Crippen molar-refractivity contribution in [1.82, 2.24) is 9.80 Å². The Morgan fingerprint density at radius 2 is 1.58 bits per heavy atom. The van der Waals surface area contributed by atoms with Crippen LogP contribution < -0.4 is 0 Å². The van der Waals surface area contributed by atoms with Crippen LogP contribution >= 0.6 is 0 Å². The van der Waals surface area contributed by atoms with Crippen LogP contribution in [0.15, 0.2) is 24.3 Å². The lowest BCUT2D eigenvalue weighted by Gasteiger charge is -2.43. The van der Waals surface area contributed by atoms with Gasteiger partial charge in [-0.3, -0.25) is 4.90 Å². The van der Waals surface area contributed by atoms with Gasteiger partial charge in [-0.2, -0.15) is 0 Å². The number of piperazine rings is 1. The van der Waals surface area contributed by atoms with Crippen LogP contribution in [0.2, 0.25) is 0 Å². The largest absolute Gasteiger partial charge is 0.301 e. The van der Waals surface area contributed by atoms with Crippen LogP contribution in [0.25, 0.3) is 0 Å². The lowest BCUT2D eigenvalue weighted by molar-refractivity contribution is 0.0736. The van der Waals surface area contributed by atoms with Crippen molar-refractivity contribution in [1.29, 1.82) is 0 Å². The second-order valence-electron chi connectivity index (χ2n) is 8.45. The Morgan fingerprint density at radius 1 is 0.958 bits per heavy atom. The molecule has 2 fully saturated rings. The van der Waals surface area contributed by atoms with E-state index in [1.54, 1.807) is 5.56 Å². The Morgan fingerprint density at radius 3 is 2.12 bits per heavy atom. The minimum absolute atomic E-state index is 0.641. The number of benzene rings is 1. The molecule has 2 heteroatoms. The van der Waals surface area contributed by atoms with E-state index in [0.29, 0.717) is 5.92 Å². The Bertz CT molecular complexity index is 493. The van der Waals surface area contributed by atoms with Gasteiger partial charge in [-0.25, -0.2) is 0 Å². The second-order valence-corrected chi connectivity index (χ2v) is 8.45. The molecule has 1 aromatic rings. The van der Waals surface area contributed by atoms with Gasteiger partial charge in [0, 0.05) is 38.8 Å². The van der Waals surface area contributed by atoms with E-state index in [9.17, 15) is 0 Å². The van der Waals surface area contributed by atoms with Gasteiger partial charge in [0.25, 0.3) is 0 Å². The van der Waals surface area contributed by atoms with Crippen molar-refractivity contribution in [2.75, 3.05) is 32.7 Å². The van der Waals surface area contributed by atoms with Gasteiger partial charge in [0.05, 0.1) is 0 Å². The molecular weight excluding hydrogens is 292 g/mol. The molecule has 24 heavy (non-hydrogen) atoms. The molecule has 1 aliphatic carbocycles. The van der Waals surface area contributed by atoms with Crippen LogP contribution in [0.1, 0.15) is 69.9 Å². The molecule has 0 spiro atoms. The maximum absolute atomic E-state index is 2.71. The topological polar surface area (TPSA) is 6.48 Å². The van der Waals surface area contributed by atoms with E-state index >= 15 is 0 Å². The summed E-state index contributed by atoms with van der Waals surface area (Å²) < 4.78 is 0. The van der Waals surface area contributed by atoms with Crippen molar-refractivity contribution in [3.05, 3.63) is 35.4 Å². The first-order valence-corrected chi connectivity index (χ1v) is 10.1. The third-order valence-electron chi connectivity index (χ3n) is 6.45. The first-order valence-electron chi connectivity index (χ1n) is 10.1. The summed E-state index contributed by atoms with van der Waals surface area (Å²) in [4.78, 5) is 5.37. The summed E-state index contributed by atoms with van der Waals surface area (Å²) in [5, 5.41) is 0. The third-order valence-corrected chi connectivity index (χ3v) is 6.45. The van der Waals surface area contributed by atoms with Crippen LogP contribution in [-0.2, 0) is 0 Å². The molecule has 1 heterocycles. The average molecular weight is 329 g/mol. The molecule has 134 valence electrons. The quantitative estimate of drug-likeness (QED) is 0.745. The highest BCUT2D eigenvalue weighted by molar-refractivity contribution is 5.28. The first kappa shape index (κ1) is 17.9. The van der Waals surface area contributed by atoms with E-state index in [4.69, 9.17) is 0 Å². The minimum Gasteiger partial charge on any atom is -0.301 e. The maximum Gasteiger partial charge on any atom is 0.0113 e. The molecule has 2 nitrogen and oxygen atoms in total. The molecule has 3 rings (SSSR count). The van der Waals surface area contributed by atoms with Crippen molar-refractivity contribution in [3.63, 3.8) is 0 Å². The smallest absolute Gasteiger partial charge is 0.0113 e. The highest BCUT2D eigenvalue weighted by atomic mass is 15.3. The standard InChI is InChI=1S/C22H36N2/c1-5-18(4)24-12-10-23(11-13-24)16-19-14-22(15-19)21-8-6-20(7-9-21)17(2)3/h6-9,17-19,22H,5,10-16H2,1-4H3. The molecule has 0 N–H and O–H groups in total. The monoisotopic (exact) mass is 328 g/mol. The van der Waals surface area contributed by atoms with Gasteiger partial charge < -0.3 is 4.90 Å². The van der Waals surface area contributed by atoms with E-state index in [1.807, 2.05) is 0 Å². The molecule has 2 aliphatic rings. The predicted molar refractivity (Wildman–Crippen MR) is 104 cm³/mol. The van der Waals surface area contributed by atoms with Crippen molar-refractivity contribution < 1.29 is 0 Å². The highest BCUT2D eigenvalue weighted by Crippen LogP contribution is 2.42. The Hall–Kier alpha value is -0.860. The summed E-state index contributed by atoms with van der Waals surface area (Å²) >= 11 is 0. The van der Waals surface area contributed by atoms with Crippen LogP contribution in [0.5, 0.6) is 0 Å². The number of nitrogens with zero attached hydrogens (tertiary/aromatic N) is 2. The summed E-state index contributed by atoms with van der Waals surface area (Å²) in [7, 11) is 0. The molecule has 0 radical (unpaired) electrons. The molecule has 1 aliphatic heterocycles. The zero-order valence-electron chi connectivity index (χ0n) is 16.2. The van der Waals surface area contributed by atoms with E-state index in [-0.39, 0.29) is 0 Å². The van der Waals surface area contributed by atoms with Gasteiger partial charge in [0.1, 0.15) is 0 Å². The summed E-state index contributed by atoms with van der Waals surface area (Å²) in [6, 6.07) is 10.2. The molecule has 0 bridgehead atoms. The van der Waals surface area contributed by atoms with Gasteiger partial charge in [-0.1, -0.05) is 45.0 Å². The molecular formula is C22H36N2. The van der Waals surface area contributed by atoms with E-state index in [0.717, 1.165) is 17.9 Å². The van der Waals surface area contributed by atoms with Crippen LogP contribution in [0.4, 0.5) is 0 Å². The first-order chi connectivity index (χ1) is 11.6. The zero-order chi connectivity index (χ0) is 17.1. The molecule has 1 unspecified atom stereocenters. The lowest BCUT2D eigenvalue weighted by Crippen LogP contribution is -2.51. The van der Waals surface area contributed by atoms with Crippen LogP contribution in [0, 0.1) is 5.92 Å². The second kappa shape index (κ2) is 8.01. The Labute approximate surface area is 149 Å². The Kier molecular flexibility index (Phi) is 5.99. The zero-order valence-corrected chi connectivity index (χ0v) is 16.2. The summed E-state index contributed by atoms with van der Waals surface area (Å²) in [6.07, 6.45) is 4.07. The van der Waals surface area contributed by atoms with Gasteiger partial charge >= 0.3 is 0 Å². The highest BCUT2D eigenvalue weighted by Gasteiger charge is 2.32. The summed E-state index contributed by atoms with van der Waals surface area (Å²) in [5.74, 6) is 2.38. The van der Waals surface area contributed by atoms with Gasteiger partial charge in [-0.15, -0.1) is 0 Å². The van der Waals surface area contributed by atoms with E-state index in [1.165, 1.54) is 57.5 Å². The van der Waals surface area contributed by atoms with Crippen molar-refractivity contribution in [2.24, 2.45) is 5.92 Å². The average Bonchev–Trinajstić information content (AvgIpc) is 2.57. The minimum atomic E-state index is 0.641. The molecule has 1 atom stereocenters. The summed E-state index contributed by atoms with van der Waals surface area (Å²) in [5.41, 5.74) is 3.03. The predicted octanol–water partition coefficient (Wildman–Crippen LogP) is 4.72. The molecule has 1 saturated carbocycles. The van der Waals surface area contributed by atoms with Crippen molar-refractivity contribution in [3.8, 4) is 0 Å². The van der Waals surface area contributed by atoms with Gasteiger partial charge in [0.2, 0.25) is 0 Å². The number of hydrogen-bond acceptors (Lipinski definition) is 2. The van der Waals surface area contributed by atoms with Crippen molar-refractivity contribution >= 4 is 0 Å².